The van der Waals surface area contributed by atoms with Crippen LogP contribution < -0.4 is 0 Å². The molecule has 6 nitrogen and oxygen atoms in total. The molecule has 4 fully saturated rings. The number of Topliss-reactive ketones (excluding diaryl/α,β-unsaturated/α-hetero) is 1. The van der Waals surface area contributed by atoms with Crippen LogP contribution >= 0.6 is 0 Å². The summed E-state index contributed by atoms with van der Waals surface area (Å²) in [6.45, 7) is 0.947. The molecule has 0 aromatic carbocycles. The van der Waals surface area contributed by atoms with Crippen molar-refractivity contribution in [1.29, 1.82) is 0 Å². The molecule has 10 atom stereocenters. The van der Waals surface area contributed by atoms with E-state index in [9.17, 15) is 9.90 Å². The molecule has 0 radical (unpaired) electrons. The lowest BCUT2D eigenvalue weighted by molar-refractivity contribution is -0.215. The average Bonchev–Trinajstić information content (AvgIpc) is 2.66. The van der Waals surface area contributed by atoms with Crippen LogP contribution in [0.4, 0.5) is 0 Å². The van der Waals surface area contributed by atoms with E-state index in [2.05, 4.69) is 11.9 Å². The second-order valence-corrected chi connectivity index (χ2v) is 8.77. The van der Waals surface area contributed by atoms with Gasteiger partial charge in [-0.25, -0.2) is 0 Å². The molecule has 4 rings (SSSR count). The number of carbonyl (C=O) groups excluding carboxylic acids is 1. The number of ketones is 1. The van der Waals surface area contributed by atoms with Crippen molar-refractivity contribution in [3.8, 4) is 0 Å². The number of likely N-dealkylation sites (tertiary alicyclic amines) is 1. The monoisotopic (exact) mass is 367 g/mol. The third kappa shape index (κ3) is 2.60. The fourth-order valence-corrected chi connectivity index (χ4v) is 6.87. The molecule has 1 saturated heterocycles. The zero-order valence-corrected chi connectivity index (χ0v) is 16.3. The van der Waals surface area contributed by atoms with Crippen molar-refractivity contribution in [3.63, 3.8) is 0 Å². The maximum atomic E-state index is 13.5. The van der Waals surface area contributed by atoms with Crippen molar-refractivity contribution < 1.29 is 24.1 Å². The van der Waals surface area contributed by atoms with Gasteiger partial charge in [-0.3, -0.25) is 9.69 Å². The molecule has 1 heterocycles. The van der Waals surface area contributed by atoms with Crippen molar-refractivity contribution in [2.24, 2.45) is 29.6 Å². The number of aliphatic hydroxyl groups excluding tert-OH is 1. The highest BCUT2D eigenvalue weighted by atomic mass is 16.5. The molecule has 3 saturated carbocycles. The van der Waals surface area contributed by atoms with Crippen molar-refractivity contribution in [1.82, 2.24) is 4.90 Å². The molecule has 0 bridgehead atoms. The van der Waals surface area contributed by atoms with Gasteiger partial charge in [-0.2, -0.15) is 0 Å². The summed E-state index contributed by atoms with van der Waals surface area (Å²) in [7, 11) is 7.19. The van der Waals surface area contributed by atoms with E-state index >= 15 is 0 Å². The molecule has 0 amide bonds. The van der Waals surface area contributed by atoms with Crippen molar-refractivity contribution in [2.75, 3.05) is 34.9 Å². The highest BCUT2D eigenvalue weighted by Crippen LogP contribution is 2.56. The third-order valence-electron chi connectivity index (χ3n) is 7.94. The third-order valence-corrected chi connectivity index (χ3v) is 7.94. The number of piperidine rings is 1. The molecule has 26 heavy (non-hydrogen) atoms. The Kier molecular flexibility index (Phi) is 5.16. The number of nitrogens with zero attached hydrogens (tertiary/aromatic N) is 1. The smallest absolute Gasteiger partial charge is 0.153 e. The lowest BCUT2D eigenvalue weighted by atomic mass is 9.49. The van der Waals surface area contributed by atoms with Gasteiger partial charge in [0.1, 0.15) is 0 Å². The van der Waals surface area contributed by atoms with Crippen LogP contribution in [-0.2, 0) is 19.0 Å². The first-order valence-electron chi connectivity index (χ1n) is 10.0. The predicted octanol–water partition coefficient (Wildman–Crippen LogP) is 0.958. The van der Waals surface area contributed by atoms with Crippen LogP contribution in [0.5, 0.6) is 0 Å². The number of likely N-dealkylation sites (N-methyl/N-ethyl adjacent to an activating group) is 1. The van der Waals surface area contributed by atoms with Crippen molar-refractivity contribution >= 4 is 5.78 Å². The summed E-state index contributed by atoms with van der Waals surface area (Å²) >= 11 is 0. The van der Waals surface area contributed by atoms with E-state index < -0.39 is 6.10 Å². The van der Waals surface area contributed by atoms with Crippen LogP contribution in [-0.4, -0.2) is 81.2 Å². The zero-order chi connectivity index (χ0) is 18.6. The molecule has 0 aromatic rings. The Hall–Kier alpha value is -0.530. The lowest BCUT2D eigenvalue weighted by Gasteiger charge is -2.61. The highest BCUT2D eigenvalue weighted by molar-refractivity contribution is 5.88. The predicted molar refractivity (Wildman–Crippen MR) is 95.7 cm³/mol. The Balaban J connectivity index is 1.78. The molecule has 0 aromatic heterocycles. The van der Waals surface area contributed by atoms with Gasteiger partial charge in [-0.1, -0.05) is 0 Å². The highest BCUT2D eigenvalue weighted by Gasteiger charge is 2.63. The molecular formula is C20H33NO5. The van der Waals surface area contributed by atoms with Crippen LogP contribution in [0.3, 0.4) is 0 Å². The van der Waals surface area contributed by atoms with Gasteiger partial charge in [0, 0.05) is 33.2 Å². The fraction of sp³-hybridized carbons (Fsp3) is 0.950. The topological polar surface area (TPSA) is 68.2 Å². The van der Waals surface area contributed by atoms with E-state index in [0.717, 1.165) is 32.2 Å². The SMILES string of the molecule is COC1CC2CCN(C)C3C(=O)C4CCC(OC)C(OC)C4C(C1O)C23. The first-order valence-corrected chi connectivity index (χ1v) is 10.0. The minimum absolute atomic E-state index is 0.00870. The summed E-state index contributed by atoms with van der Waals surface area (Å²) in [5.41, 5.74) is 0. The number of rotatable bonds is 3. The van der Waals surface area contributed by atoms with Crippen LogP contribution in [0.1, 0.15) is 25.7 Å². The summed E-state index contributed by atoms with van der Waals surface area (Å²) in [4.78, 5) is 15.7. The van der Waals surface area contributed by atoms with Crippen molar-refractivity contribution in [2.45, 2.75) is 56.1 Å². The van der Waals surface area contributed by atoms with Gasteiger partial charge >= 0.3 is 0 Å². The zero-order valence-electron chi connectivity index (χ0n) is 16.3. The Labute approximate surface area is 156 Å². The van der Waals surface area contributed by atoms with Gasteiger partial charge in [0.2, 0.25) is 0 Å². The summed E-state index contributed by atoms with van der Waals surface area (Å²) < 4.78 is 17.3. The number of fused-ring (bicyclic) bond motifs is 2. The van der Waals surface area contributed by atoms with E-state index in [1.165, 1.54) is 0 Å². The maximum Gasteiger partial charge on any atom is 0.153 e. The van der Waals surface area contributed by atoms with Gasteiger partial charge in [-0.05, 0) is 57.0 Å². The second kappa shape index (κ2) is 7.13. The Bertz CT molecular complexity index is 542. The van der Waals surface area contributed by atoms with Gasteiger partial charge in [-0.15, -0.1) is 0 Å². The number of ether oxygens (including phenoxy) is 3. The number of hydrogen-bond donors (Lipinski definition) is 1. The molecule has 0 spiro atoms. The Morgan fingerprint density at radius 1 is 0.962 bits per heavy atom. The van der Waals surface area contributed by atoms with E-state index in [0.29, 0.717) is 11.7 Å². The quantitative estimate of drug-likeness (QED) is 0.801. The van der Waals surface area contributed by atoms with Crippen LogP contribution in [0, 0.1) is 29.6 Å². The van der Waals surface area contributed by atoms with E-state index in [-0.39, 0.29) is 48.0 Å². The summed E-state index contributed by atoms with van der Waals surface area (Å²) in [5, 5.41) is 11.3. The number of methoxy groups -OCH3 is 3. The maximum absolute atomic E-state index is 13.5. The molecular weight excluding hydrogens is 334 g/mol. The minimum Gasteiger partial charge on any atom is -0.390 e. The molecule has 4 aliphatic rings. The Morgan fingerprint density at radius 3 is 2.35 bits per heavy atom. The van der Waals surface area contributed by atoms with Gasteiger partial charge in [0.05, 0.1) is 30.5 Å². The lowest BCUT2D eigenvalue weighted by Crippen LogP contribution is -2.70. The fourth-order valence-electron chi connectivity index (χ4n) is 6.87. The average molecular weight is 367 g/mol. The molecule has 3 aliphatic carbocycles. The minimum atomic E-state index is -0.552. The van der Waals surface area contributed by atoms with Gasteiger partial charge in [0.15, 0.2) is 5.78 Å². The number of aliphatic hydroxyl groups is 1. The van der Waals surface area contributed by atoms with Gasteiger partial charge < -0.3 is 19.3 Å². The number of carbonyl (C=O) groups is 1. The van der Waals surface area contributed by atoms with Gasteiger partial charge in [0.25, 0.3) is 0 Å². The molecule has 6 heteroatoms. The second-order valence-electron chi connectivity index (χ2n) is 8.77. The van der Waals surface area contributed by atoms with Crippen LogP contribution in [0.25, 0.3) is 0 Å². The standard InChI is InChI=1S/C20H33NO5/c1-21-8-7-10-9-13(25-3)19(23)16-14(10)17(21)18(22)11-5-6-12(24-2)20(26-4)15(11)16/h10-17,19-20,23H,5-9H2,1-4H3. The van der Waals surface area contributed by atoms with Crippen LogP contribution in [0.2, 0.25) is 0 Å². The normalized spacial score (nSPS) is 51.7. The summed E-state index contributed by atoms with van der Waals surface area (Å²) in [5.74, 6) is 0.968. The van der Waals surface area contributed by atoms with E-state index in [1.54, 1.807) is 21.3 Å². The Morgan fingerprint density at radius 2 is 1.69 bits per heavy atom. The largest absolute Gasteiger partial charge is 0.390 e. The molecule has 10 unspecified atom stereocenters. The van der Waals surface area contributed by atoms with E-state index in [4.69, 9.17) is 14.2 Å². The molecule has 148 valence electrons. The summed E-state index contributed by atoms with van der Waals surface area (Å²) in [6.07, 6.45) is 2.71. The van der Waals surface area contributed by atoms with Crippen LogP contribution in [0.15, 0.2) is 0 Å². The molecule has 1 N–H and O–H groups in total. The first-order chi connectivity index (χ1) is 12.5. The van der Waals surface area contributed by atoms with Crippen molar-refractivity contribution in [3.05, 3.63) is 0 Å². The van der Waals surface area contributed by atoms with E-state index in [1.807, 2.05) is 0 Å². The summed E-state index contributed by atoms with van der Waals surface area (Å²) in [6, 6.07) is -0.0657. The first kappa shape index (κ1) is 18.8. The molecule has 1 aliphatic heterocycles. The number of hydrogen-bond acceptors (Lipinski definition) is 6.